The number of nitrogens with one attached hydrogen (secondary N) is 1. The van der Waals surface area contributed by atoms with Crippen LogP contribution in [0.4, 0.5) is 11.4 Å². The minimum Gasteiger partial charge on any atom is -0.369 e. The lowest BCUT2D eigenvalue weighted by molar-refractivity contribution is 0.439. The summed E-state index contributed by atoms with van der Waals surface area (Å²) >= 11 is 6.43. The Kier molecular flexibility index (Phi) is 6.66. The zero-order valence-electron chi connectivity index (χ0n) is 17.2. The molecule has 0 aromatic heterocycles. The SMILES string of the molecule is CC1CCN(c2c(Cl)cccc2NS(=O)(=O)c2cccc(S(=O)(=O)N(C)C)c2)CC1. The molecule has 0 amide bonds. The van der Waals surface area contributed by atoms with Gasteiger partial charge in [-0.2, -0.15) is 0 Å². The maximum absolute atomic E-state index is 13.1. The highest BCUT2D eigenvalue weighted by molar-refractivity contribution is 7.93. The van der Waals surface area contributed by atoms with Crippen LogP contribution in [-0.4, -0.2) is 48.3 Å². The van der Waals surface area contributed by atoms with Crippen molar-refractivity contribution in [2.45, 2.75) is 29.6 Å². The predicted molar refractivity (Wildman–Crippen MR) is 120 cm³/mol. The standard InChI is InChI=1S/C20H26ClN3O4S2/c1-15-10-12-24(13-11-15)20-18(21)8-5-9-19(20)22-29(25,26)16-6-4-7-17(14-16)30(27,28)23(2)3/h4-9,14-15,22H,10-13H2,1-3H3. The van der Waals surface area contributed by atoms with Crippen LogP contribution in [0.15, 0.2) is 52.3 Å². The van der Waals surface area contributed by atoms with Crippen molar-refractivity contribution in [3.8, 4) is 0 Å². The van der Waals surface area contributed by atoms with Gasteiger partial charge in [0.15, 0.2) is 0 Å². The zero-order chi connectivity index (χ0) is 22.1. The Morgan fingerprint density at radius 2 is 1.60 bits per heavy atom. The highest BCUT2D eigenvalue weighted by Crippen LogP contribution is 2.37. The summed E-state index contributed by atoms with van der Waals surface area (Å²) in [5.41, 5.74) is 1.02. The number of benzene rings is 2. The lowest BCUT2D eigenvalue weighted by Crippen LogP contribution is -2.33. The molecule has 1 saturated heterocycles. The monoisotopic (exact) mass is 471 g/mol. The van der Waals surface area contributed by atoms with E-state index in [2.05, 4.69) is 16.5 Å². The summed E-state index contributed by atoms with van der Waals surface area (Å²) in [6.45, 7) is 3.77. The van der Waals surface area contributed by atoms with Gasteiger partial charge in [0.05, 0.1) is 26.2 Å². The minimum absolute atomic E-state index is 0.0910. The summed E-state index contributed by atoms with van der Waals surface area (Å²) in [6, 6.07) is 10.4. The maximum atomic E-state index is 13.1. The van der Waals surface area contributed by atoms with Gasteiger partial charge in [-0.1, -0.05) is 30.7 Å². The number of anilines is 2. The number of sulfonamides is 2. The summed E-state index contributed by atoms with van der Waals surface area (Å²) in [5, 5.41) is 0.466. The molecular weight excluding hydrogens is 446 g/mol. The molecule has 0 bridgehead atoms. The van der Waals surface area contributed by atoms with Crippen molar-refractivity contribution in [2.24, 2.45) is 5.92 Å². The van der Waals surface area contributed by atoms with Crippen molar-refractivity contribution >= 4 is 43.0 Å². The van der Waals surface area contributed by atoms with E-state index in [1.807, 2.05) is 0 Å². The molecule has 3 rings (SSSR count). The van der Waals surface area contributed by atoms with Crippen LogP contribution in [0.3, 0.4) is 0 Å². The molecule has 30 heavy (non-hydrogen) atoms. The van der Waals surface area contributed by atoms with Gasteiger partial charge in [-0.3, -0.25) is 4.72 Å². The smallest absolute Gasteiger partial charge is 0.262 e. The Bertz CT molecular complexity index is 1130. The third kappa shape index (κ3) is 4.74. The quantitative estimate of drug-likeness (QED) is 0.695. The molecule has 7 nitrogen and oxygen atoms in total. The number of para-hydroxylation sites is 1. The van der Waals surface area contributed by atoms with Crippen LogP contribution in [0.25, 0.3) is 0 Å². The molecule has 0 spiro atoms. The van der Waals surface area contributed by atoms with Crippen molar-refractivity contribution in [3.63, 3.8) is 0 Å². The van der Waals surface area contributed by atoms with Gasteiger partial charge in [0.2, 0.25) is 10.0 Å². The Hall–Kier alpha value is -1.81. The van der Waals surface area contributed by atoms with E-state index in [-0.39, 0.29) is 9.79 Å². The molecule has 1 N–H and O–H groups in total. The molecule has 164 valence electrons. The molecule has 0 unspecified atom stereocenters. The van der Waals surface area contributed by atoms with E-state index in [4.69, 9.17) is 11.6 Å². The first kappa shape index (κ1) is 22.9. The van der Waals surface area contributed by atoms with Crippen LogP contribution in [-0.2, 0) is 20.0 Å². The molecule has 1 aliphatic heterocycles. The number of hydrogen-bond acceptors (Lipinski definition) is 5. The molecule has 0 aliphatic carbocycles. The third-order valence-corrected chi connectivity index (χ3v) is 8.70. The van der Waals surface area contributed by atoms with Crippen molar-refractivity contribution in [1.82, 2.24) is 4.31 Å². The number of piperidine rings is 1. The Morgan fingerprint density at radius 1 is 1.00 bits per heavy atom. The lowest BCUT2D eigenvalue weighted by atomic mass is 9.98. The van der Waals surface area contributed by atoms with Gasteiger partial charge in [0.1, 0.15) is 0 Å². The van der Waals surface area contributed by atoms with Crippen molar-refractivity contribution < 1.29 is 16.8 Å². The summed E-state index contributed by atoms with van der Waals surface area (Å²) in [4.78, 5) is 1.86. The second-order valence-electron chi connectivity index (χ2n) is 7.67. The minimum atomic E-state index is -4.03. The van der Waals surface area contributed by atoms with Gasteiger partial charge >= 0.3 is 0 Å². The molecule has 1 aliphatic rings. The summed E-state index contributed by atoms with van der Waals surface area (Å²) in [7, 11) is -5.00. The van der Waals surface area contributed by atoms with Crippen LogP contribution in [0.2, 0.25) is 5.02 Å². The van der Waals surface area contributed by atoms with E-state index < -0.39 is 20.0 Å². The molecule has 0 atom stereocenters. The first-order chi connectivity index (χ1) is 14.0. The summed E-state index contributed by atoms with van der Waals surface area (Å²) in [6.07, 6.45) is 2.00. The third-order valence-electron chi connectivity index (χ3n) is 5.23. The number of nitrogens with zero attached hydrogens (tertiary/aromatic N) is 2. The molecule has 1 fully saturated rings. The van der Waals surface area contributed by atoms with E-state index in [0.29, 0.717) is 22.3 Å². The topological polar surface area (TPSA) is 86.8 Å². The first-order valence-electron chi connectivity index (χ1n) is 9.61. The van der Waals surface area contributed by atoms with E-state index in [0.717, 1.165) is 36.3 Å². The van der Waals surface area contributed by atoms with E-state index in [1.54, 1.807) is 18.2 Å². The molecule has 0 saturated carbocycles. The Morgan fingerprint density at radius 3 is 2.23 bits per heavy atom. The van der Waals surface area contributed by atoms with Crippen LogP contribution >= 0.6 is 11.6 Å². The lowest BCUT2D eigenvalue weighted by Gasteiger charge is -2.34. The van der Waals surface area contributed by atoms with Gasteiger partial charge < -0.3 is 4.90 Å². The van der Waals surface area contributed by atoms with E-state index in [1.165, 1.54) is 32.3 Å². The van der Waals surface area contributed by atoms with Gasteiger partial charge in [0.25, 0.3) is 10.0 Å². The van der Waals surface area contributed by atoms with Crippen LogP contribution in [0.1, 0.15) is 19.8 Å². The number of rotatable bonds is 6. The average Bonchev–Trinajstić information content (AvgIpc) is 2.69. The second-order valence-corrected chi connectivity index (χ2v) is 11.9. The van der Waals surface area contributed by atoms with Crippen LogP contribution < -0.4 is 9.62 Å². The normalized spacial score (nSPS) is 16.1. The van der Waals surface area contributed by atoms with Crippen molar-refractivity contribution in [2.75, 3.05) is 36.8 Å². The Labute approximate surface area is 183 Å². The van der Waals surface area contributed by atoms with Gasteiger partial charge in [-0.25, -0.2) is 21.1 Å². The Balaban J connectivity index is 1.96. The highest BCUT2D eigenvalue weighted by Gasteiger charge is 2.25. The predicted octanol–water partition coefficient (Wildman–Crippen LogP) is 3.63. The van der Waals surface area contributed by atoms with E-state index >= 15 is 0 Å². The number of halogens is 1. The first-order valence-corrected chi connectivity index (χ1v) is 12.9. The molecule has 2 aromatic rings. The van der Waals surface area contributed by atoms with Gasteiger partial charge in [0, 0.05) is 27.2 Å². The summed E-state index contributed by atoms with van der Waals surface area (Å²) in [5.74, 6) is 0.616. The summed E-state index contributed by atoms with van der Waals surface area (Å²) < 4.78 is 54.5. The van der Waals surface area contributed by atoms with Crippen molar-refractivity contribution in [3.05, 3.63) is 47.5 Å². The molecule has 1 heterocycles. The molecule has 10 heteroatoms. The second kappa shape index (κ2) is 8.74. The van der Waals surface area contributed by atoms with E-state index in [9.17, 15) is 16.8 Å². The fraction of sp³-hybridized carbons (Fsp3) is 0.400. The van der Waals surface area contributed by atoms with Crippen LogP contribution in [0.5, 0.6) is 0 Å². The van der Waals surface area contributed by atoms with Crippen molar-refractivity contribution in [1.29, 1.82) is 0 Å². The molecular formula is C20H26ClN3O4S2. The number of hydrogen-bond donors (Lipinski definition) is 1. The maximum Gasteiger partial charge on any atom is 0.262 e. The van der Waals surface area contributed by atoms with Gasteiger partial charge in [-0.15, -0.1) is 0 Å². The largest absolute Gasteiger partial charge is 0.369 e. The highest BCUT2D eigenvalue weighted by atomic mass is 35.5. The van der Waals surface area contributed by atoms with Crippen LogP contribution in [0, 0.1) is 5.92 Å². The molecule has 2 aromatic carbocycles. The fourth-order valence-corrected chi connectivity index (χ4v) is 5.80. The average molecular weight is 472 g/mol. The van der Waals surface area contributed by atoms with Gasteiger partial charge in [-0.05, 0) is 49.1 Å². The zero-order valence-corrected chi connectivity index (χ0v) is 19.6. The fourth-order valence-electron chi connectivity index (χ4n) is 3.37. The molecule has 0 radical (unpaired) electrons.